The lowest BCUT2D eigenvalue weighted by atomic mass is 10.3. The van der Waals surface area contributed by atoms with Gasteiger partial charge in [0.15, 0.2) is 0 Å². The molecule has 0 aromatic heterocycles. The third-order valence-electron chi connectivity index (χ3n) is 1.89. The predicted molar refractivity (Wildman–Crippen MR) is 60.7 cm³/mol. The van der Waals surface area contributed by atoms with Crippen molar-refractivity contribution >= 4 is 11.8 Å². The highest BCUT2D eigenvalue weighted by Gasteiger charge is 2.18. The topological polar surface area (TPSA) is 114 Å². The molecule has 0 fully saturated rings. The third kappa shape index (κ3) is 3.91. The van der Waals surface area contributed by atoms with Crippen LogP contribution in [0.25, 0.3) is 0 Å². The quantitative estimate of drug-likeness (QED) is 0.462. The number of primary amides is 1. The van der Waals surface area contributed by atoms with Gasteiger partial charge in [0.25, 0.3) is 0 Å². The monoisotopic (exact) mass is 256 g/mol. The van der Waals surface area contributed by atoms with Gasteiger partial charge in [-0.2, -0.15) is 0 Å². The molecule has 0 radical (unpaired) electrons. The molecule has 8 nitrogen and oxygen atoms in total. The molecule has 2 N–H and O–H groups in total. The largest absolute Gasteiger partial charge is 0.491 e. The lowest BCUT2D eigenvalue weighted by Gasteiger charge is -2.07. The van der Waals surface area contributed by atoms with Gasteiger partial charge in [-0.3, -0.25) is 10.1 Å². The van der Waals surface area contributed by atoms with Gasteiger partial charge in [0.05, 0.1) is 17.6 Å². The van der Waals surface area contributed by atoms with Crippen molar-refractivity contribution in [2.75, 3.05) is 20.3 Å². The normalized spacial score (nSPS) is 9.83. The summed E-state index contributed by atoms with van der Waals surface area (Å²) in [6.07, 6.45) is -1.12. The minimum absolute atomic E-state index is 0.230. The smallest absolute Gasteiger partial charge is 0.410 e. The molecule has 0 aliphatic heterocycles. The van der Waals surface area contributed by atoms with Crippen LogP contribution in [0.5, 0.6) is 11.5 Å². The zero-order valence-electron chi connectivity index (χ0n) is 9.62. The van der Waals surface area contributed by atoms with Crippen LogP contribution in [0.4, 0.5) is 10.5 Å². The number of amides is 1. The Kier molecular flexibility index (Phi) is 4.88. The van der Waals surface area contributed by atoms with E-state index in [0.29, 0.717) is 6.61 Å². The molecule has 1 rings (SSSR count). The van der Waals surface area contributed by atoms with Crippen molar-refractivity contribution in [3.8, 4) is 11.5 Å². The molecule has 0 aliphatic rings. The number of benzene rings is 1. The number of nitro groups is 1. The number of carbonyl (C=O) groups is 1. The molecule has 8 heteroatoms. The molecule has 0 aliphatic carbocycles. The van der Waals surface area contributed by atoms with E-state index in [0.717, 1.165) is 6.07 Å². The first kappa shape index (κ1) is 13.7. The number of ether oxygens (including phenoxy) is 3. The lowest BCUT2D eigenvalue weighted by molar-refractivity contribution is -0.385. The summed E-state index contributed by atoms with van der Waals surface area (Å²) in [4.78, 5) is 20.7. The van der Waals surface area contributed by atoms with Crippen molar-refractivity contribution in [3.63, 3.8) is 0 Å². The van der Waals surface area contributed by atoms with E-state index >= 15 is 0 Å². The highest BCUT2D eigenvalue weighted by molar-refractivity contribution is 5.70. The number of carbonyl (C=O) groups excluding carboxylic acids is 1. The first-order valence-corrected chi connectivity index (χ1v) is 4.92. The van der Waals surface area contributed by atoms with E-state index in [9.17, 15) is 14.9 Å². The van der Waals surface area contributed by atoms with Gasteiger partial charge in [-0.1, -0.05) is 0 Å². The van der Waals surface area contributed by atoms with Gasteiger partial charge < -0.3 is 19.9 Å². The predicted octanol–water partition coefficient (Wildman–Crippen LogP) is 1.08. The van der Waals surface area contributed by atoms with E-state index in [2.05, 4.69) is 4.74 Å². The molecule has 18 heavy (non-hydrogen) atoms. The molecule has 0 bridgehead atoms. The maximum Gasteiger partial charge on any atom is 0.410 e. The fraction of sp³-hybridized carbons (Fsp3) is 0.300. The summed E-state index contributed by atoms with van der Waals surface area (Å²) in [5.41, 5.74) is 4.40. The number of methoxy groups -OCH3 is 1. The van der Waals surface area contributed by atoms with Gasteiger partial charge in [-0.25, -0.2) is 4.79 Å². The Morgan fingerprint density at radius 2 is 2.17 bits per heavy atom. The van der Waals surface area contributed by atoms with Gasteiger partial charge in [0, 0.05) is 7.11 Å². The molecule has 0 unspecified atom stereocenters. The first-order valence-electron chi connectivity index (χ1n) is 4.92. The molecule has 98 valence electrons. The molecule has 1 aromatic carbocycles. The SMILES string of the molecule is COCCOc1ccc(OC(N)=O)c([N+](=O)[O-])c1. The Labute approximate surface area is 102 Å². The number of hydrogen-bond donors (Lipinski definition) is 1. The van der Waals surface area contributed by atoms with Crippen molar-refractivity contribution in [2.24, 2.45) is 5.73 Å². The average molecular weight is 256 g/mol. The van der Waals surface area contributed by atoms with Crippen LogP contribution >= 0.6 is 0 Å². The Morgan fingerprint density at radius 3 is 2.72 bits per heavy atom. The molecular formula is C10H12N2O6. The highest BCUT2D eigenvalue weighted by Crippen LogP contribution is 2.31. The van der Waals surface area contributed by atoms with Crippen molar-refractivity contribution in [1.82, 2.24) is 0 Å². The number of rotatable bonds is 6. The van der Waals surface area contributed by atoms with Gasteiger partial charge in [0.1, 0.15) is 12.4 Å². The van der Waals surface area contributed by atoms with E-state index in [1.54, 1.807) is 0 Å². The maximum absolute atomic E-state index is 10.8. The van der Waals surface area contributed by atoms with E-state index < -0.39 is 16.7 Å². The van der Waals surface area contributed by atoms with Gasteiger partial charge in [-0.05, 0) is 12.1 Å². The number of nitrogens with two attached hydrogens (primary N) is 1. The van der Waals surface area contributed by atoms with Crippen molar-refractivity contribution in [1.29, 1.82) is 0 Å². The van der Waals surface area contributed by atoms with E-state index in [1.165, 1.54) is 19.2 Å². The second-order valence-electron chi connectivity index (χ2n) is 3.15. The number of hydrogen-bond acceptors (Lipinski definition) is 6. The third-order valence-corrected chi connectivity index (χ3v) is 1.89. The molecule has 0 atom stereocenters. The Bertz CT molecular complexity index is 448. The summed E-state index contributed by atoms with van der Waals surface area (Å²) < 4.78 is 14.5. The molecule has 0 heterocycles. The molecule has 0 spiro atoms. The summed E-state index contributed by atoms with van der Waals surface area (Å²) in [6.45, 7) is 0.608. The number of nitro benzene ring substituents is 1. The minimum Gasteiger partial charge on any atom is -0.491 e. The summed E-state index contributed by atoms with van der Waals surface area (Å²) in [5, 5.41) is 10.8. The van der Waals surface area contributed by atoms with Crippen LogP contribution in [0.1, 0.15) is 0 Å². The molecule has 1 amide bonds. The Balaban J connectivity index is 2.89. The summed E-state index contributed by atoms with van der Waals surface area (Å²) in [7, 11) is 1.51. The summed E-state index contributed by atoms with van der Waals surface area (Å²) in [5.74, 6) is 0.0437. The van der Waals surface area contributed by atoms with Crippen LogP contribution in [0, 0.1) is 10.1 Å². The molecule has 0 saturated carbocycles. The fourth-order valence-corrected chi connectivity index (χ4v) is 1.17. The zero-order valence-corrected chi connectivity index (χ0v) is 9.62. The molecule has 1 aromatic rings. The second kappa shape index (κ2) is 6.40. The average Bonchev–Trinajstić information content (AvgIpc) is 2.30. The van der Waals surface area contributed by atoms with E-state index in [4.69, 9.17) is 15.2 Å². The highest BCUT2D eigenvalue weighted by atomic mass is 16.6. The van der Waals surface area contributed by atoms with Crippen LogP contribution in [-0.2, 0) is 4.74 Å². The Hall–Kier alpha value is -2.35. The van der Waals surface area contributed by atoms with Crippen molar-refractivity contribution in [3.05, 3.63) is 28.3 Å². The zero-order chi connectivity index (χ0) is 13.5. The summed E-state index contributed by atoms with van der Waals surface area (Å²) >= 11 is 0. The Morgan fingerprint density at radius 1 is 1.44 bits per heavy atom. The molecule has 0 saturated heterocycles. The lowest BCUT2D eigenvalue weighted by Crippen LogP contribution is -2.17. The molecular weight excluding hydrogens is 244 g/mol. The van der Waals surface area contributed by atoms with Gasteiger partial charge >= 0.3 is 11.8 Å². The van der Waals surface area contributed by atoms with Gasteiger partial charge in [-0.15, -0.1) is 0 Å². The van der Waals surface area contributed by atoms with Gasteiger partial charge in [0.2, 0.25) is 5.75 Å². The maximum atomic E-state index is 10.8. The van der Waals surface area contributed by atoms with Crippen LogP contribution in [0.15, 0.2) is 18.2 Å². The summed E-state index contributed by atoms with van der Waals surface area (Å²) in [6, 6.07) is 3.82. The van der Waals surface area contributed by atoms with Crippen LogP contribution < -0.4 is 15.2 Å². The standard InChI is InChI=1S/C10H12N2O6/c1-16-4-5-17-7-2-3-9(18-10(11)13)8(6-7)12(14)15/h2-3,6H,4-5H2,1H3,(H2,11,13). The first-order chi connectivity index (χ1) is 8.54. The van der Waals surface area contributed by atoms with E-state index in [1.807, 2.05) is 0 Å². The van der Waals surface area contributed by atoms with Crippen LogP contribution in [-0.4, -0.2) is 31.3 Å². The fourth-order valence-electron chi connectivity index (χ4n) is 1.17. The van der Waals surface area contributed by atoms with Crippen LogP contribution in [0.2, 0.25) is 0 Å². The second-order valence-corrected chi connectivity index (χ2v) is 3.15. The van der Waals surface area contributed by atoms with Crippen LogP contribution in [0.3, 0.4) is 0 Å². The van der Waals surface area contributed by atoms with Crippen molar-refractivity contribution in [2.45, 2.75) is 0 Å². The van der Waals surface area contributed by atoms with E-state index in [-0.39, 0.29) is 18.1 Å². The van der Waals surface area contributed by atoms with Crippen molar-refractivity contribution < 1.29 is 23.9 Å². The number of nitrogens with zero attached hydrogens (tertiary/aromatic N) is 1. The minimum atomic E-state index is -1.12.